The fourth-order valence-electron chi connectivity index (χ4n) is 4.10. The van der Waals surface area contributed by atoms with Crippen molar-refractivity contribution in [1.82, 2.24) is 0 Å². The van der Waals surface area contributed by atoms with Crippen molar-refractivity contribution < 1.29 is 22.3 Å². The second kappa shape index (κ2) is 10.6. The van der Waals surface area contributed by atoms with E-state index < -0.39 is 22.5 Å². The summed E-state index contributed by atoms with van der Waals surface area (Å²) in [4.78, 5) is 0. The summed E-state index contributed by atoms with van der Waals surface area (Å²) in [7, 11) is 1.64. The Kier molecular flexibility index (Phi) is 7.54. The molecule has 4 aromatic carbocycles. The zero-order valence-electron chi connectivity index (χ0n) is 18.6. The van der Waals surface area contributed by atoms with Crippen molar-refractivity contribution in [3.63, 3.8) is 0 Å². The molecule has 0 unspecified atom stereocenters. The lowest BCUT2D eigenvalue weighted by atomic mass is 9.96. The molecule has 0 bridgehead atoms. The first-order valence-corrected chi connectivity index (χ1v) is 11.4. The van der Waals surface area contributed by atoms with Gasteiger partial charge in [-0.15, -0.1) is 0 Å². The van der Waals surface area contributed by atoms with Crippen LogP contribution >= 0.6 is 11.6 Å². The van der Waals surface area contributed by atoms with Gasteiger partial charge >= 0.3 is 0 Å². The molecule has 34 heavy (non-hydrogen) atoms. The Morgan fingerprint density at radius 3 is 2.18 bits per heavy atom. The standard InChI is InChI=1S/C28H23ClF4O/c1-34-12-2-3-17-5-10-22(24(30)13-17)20-9-11-23-21(16-20)8-7-19(28(23)33)6-4-18-14-25(31)27(29)26(32)15-18/h5,7-11,13-16H,2-4,6,12H2,1H3. The largest absolute Gasteiger partial charge is 0.385 e. The van der Waals surface area contributed by atoms with Gasteiger partial charge in [0.25, 0.3) is 0 Å². The van der Waals surface area contributed by atoms with Gasteiger partial charge in [0.15, 0.2) is 0 Å². The van der Waals surface area contributed by atoms with Crippen molar-refractivity contribution in [2.75, 3.05) is 13.7 Å². The summed E-state index contributed by atoms with van der Waals surface area (Å²) in [5, 5.41) is 0.505. The highest BCUT2D eigenvalue weighted by Crippen LogP contribution is 2.30. The highest BCUT2D eigenvalue weighted by Gasteiger charge is 2.13. The quantitative estimate of drug-likeness (QED) is 0.139. The molecule has 0 spiro atoms. The van der Waals surface area contributed by atoms with Gasteiger partial charge in [-0.1, -0.05) is 48.0 Å². The van der Waals surface area contributed by atoms with E-state index in [4.69, 9.17) is 16.3 Å². The predicted octanol–water partition coefficient (Wildman–Crippen LogP) is 8.08. The van der Waals surface area contributed by atoms with Gasteiger partial charge in [-0.05, 0) is 77.6 Å². The maximum Gasteiger partial charge on any atom is 0.145 e. The van der Waals surface area contributed by atoms with Crippen LogP contribution in [0.1, 0.15) is 23.1 Å². The molecule has 1 nitrogen and oxygen atoms in total. The lowest BCUT2D eigenvalue weighted by molar-refractivity contribution is 0.195. The minimum Gasteiger partial charge on any atom is -0.385 e. The molecule has 0 fully saturated rings. The van der Waals surface area contributed by atoms with Crippen molar-refractivity contribution in [3.8, 4) is 11.1 Å². The second-order valence-electron chi connectivity index (χ2n) is 8.26. The van der Waals surface area contributed by atoms with Crippen LogP contribution in [0.5, 0.6) is 0 Å². The van der Waals surface area contributed by atoms with Gasteiger partial charge in [0.1, 0.15) is 28.3 Å². The molecular formula is C28H23ClF4O. The predicted molar refractivity (Wildman–Crippen MR) is 128 cm³/mol. The van der Waals surface area contributed by atoms with Crippen molar-refractivity contribution in [3.05, 3.63) is 106 Å². The maximum atomic E-state index is 15.2. The molecule has 0 aliphatic rings. The number of aryl methyl sites for hydroxylation is 3. The van der Waals surface area contributed by atoms with Crippen LogP contribution in [-0.2, 0) is 24.0 Å². The van der Waals surface area contributed by atoms with E-state index in [2.05, 4.69) is 0 Å². The monoisotopic (exact) mass is 486 g/mol. The molecule has 0 atom stereocenters. The third-order valence-corrected chi connectivity index (χ3v) is 6.28. The zero-order valence-corrected chi connectivity index (χ0v) is 19.4. The van der Waals surface area contributed by atoms with Crippen LogP contribution in [-0.4, -0.2) is 13.7 Å². The average molecular weight is 487 g/mol. The second-order valence-corrected chi connectivity index (χ2v) is 8.64. The van der Waals surface area contributed by atoms with Gasteiger partial charge in [0.05, 0.1) is 0 Å². The molecule has 0 N–H and O–H groups in total. The van der Waals surface area contributed by atoms with Crippen LogP contribution in [0.2, 0.25) is 5.02 Å². The topological polar surface area (TPSA) is 9.23 Å². The summed E-state index contributed by atoms with van der Waals surface area (Å²) in [6.07, 6.45) is 2.07. The number of hydrogen-bond acceptors (Lipinski definition) is 1. The molecular weight excluding hydrogens is 464 g/mol. The zero-order chi connectivity index (χ0) is 24.2. The third kappa shape index (κ3) is 5.26. The van der Waals surface area contributed by atoms with Crippen LogP contribution in [0.3, 0.4) is 0 Å². The Bertz CT molecular complexity index is 1310. The van der Waals surface area contributed by atoms with Crippen molar-refractivity contribution in [1.29, 1.82) is 0 Å². The Morgan fingerprint density at radius 1 is 0.735 bits per heavy atom. The van der Waals surface area contributed by atoms with E-state index in [1.165, 1.54) is 6.07 Å². The molecule has 0 radical (unpaired) electrons. The first kappa shape index (κ1) is 24.2. The summed E-state index contributed by atoms with van der Waals surface area (Å²) in [5.74, 6) is -2.39. The highest BCUT2D eigenvalue weighted by atomic mass is 35.5. The minimum atomic E-state index is -0.835. The van der Waals surface area contributed by atoms with E-state index in [0.717, 1.165) is 30.5 Å². The highest BCUT2D eigenvalue weighted by molar-refractivity contribution is 6.30. The number of ether oxygens (including phenoxy) is 1. The lowest BCUT2D eigenvalue weighted by Gasteiger charge is -2.11. The van der Waals surface area contributed by atoms with Crippen molar-refractivity contribution >= 4 is 22.4 Å². The molecule has 6 heteroatoms. The van der Waals surface area contributed by atoms with Crippen LogP contribution in [0.15, 0.2) is 60.7 Å². The molecule has 176 valence electrons. The Labute approximate surface area is 200 Å². The summed E-state index contributed by atoms with van der Waals surface area (Å²) < 4.78 is 62.3. The molecule has 0 saturated carbocycles. The fraction of sp³-hybridized carbons (Fsp3) is 0.214. The van der Waals surface area contributed by atoms with Gasteiger partial charge in [-0.3, -0.25) is 0 Å². The van der Waals surface area contributed by atoms with Gasteiger partial charge in [-0.2, -0.15) is 0 Å². The van der Waals surface area contributed by atoms with Crippen molar-refractivity contribution in [2.24, 2.45) is 0 Å². The van der Waals surface area contributed by atoms with Crippen molar-refractivity contribution in [2.45, 2.75) is 25.7 Å². The SMILES string of the molecule is COCCCc1ccc(-c2ccc3c(F)c(CCc4cc(F)c(Cl)c(F)c4)ccc3c2)c(F)c1. The fourth-order valence-corrected chi connectivity index (χ4v) is 4.21. The Hall–Kier alpha value is -2.89. The Morgan fingerprint density at radius 2 is 1.47 bits per heavy atom. The smallest absolute Gasteiger partial charge is 0.145 e. The normalized spacial score (nSPS) is 11.4. The lowest BCUT2D eigenvalue weighted by Crippen LogP contribution is -1.98. The van der Waals surface area contributed by atoms with Gasteiger partial charge in [0, 0.05) is 24.7 Å². The molecule has 4 rings (SSSR count). The molecule has 0 amide bonds. The first-order chi connectivity index (χ1) is 16.4. The number of hydrogen-bond donors (Lipinski definition) is 0. The summed E-state index contributed by atoms with van der Waals surface area (Å²) in [6.45, 7) is 0.620. The molecule has 0 aromatic heterocycles. The first-order valence-electron chi connectivity index (χ1n) is 11.0. The van der Waals surface area contributed by atoms with Gasteiger partial charge in [-0.25, -0.2) is 17.6 Å². The van der Waals surface area contributed by atoms with Gasteiger partial charge < -0.3 is 4.74 Å². The van der Waals surface area contributed by atoms with Crippen LogP contribution < -0.4 is 0 Å². The molecule has 0 saturated heterocycles. The van der Waals surface area contributed by atoms with Crippen LogP contribution in [0.25, 0.3) is 21.9 Å². The number of methoxy groups -OCH3 is 1. The number of rotatable bonds is 8. The number of benzene rings is 4. The summed E-state index contributed by atoms with van der Waals surface area (Å²) in [6, 6.07) is 16.0. The van der Waals surface area contributed by atoms with E-state index in [0.29, 0.717) is 39.6 Å². The van der Waals surface area contributed by atoms with Gasteiger partial charge in [0.2, 0.25) is 0 Å². The maximum absolute atomic E-state index is 15.2. The summed E-state index contributed by atoms with van der Waals surface area (Å²) >= 11 is 5.52. The molecule has 0 heterocycles. The average Bonchev–Trinajstić information content (AvgIpc) is 2.82. The Balaban J connectivity index is 1.55. The van der Waals surface area contributed by atoms with E-state index >= 15 is 4.39 Å². The van der Waals surface area contributed by atoms with E-state index in [1.54, 1.807) is 43.5 Å². The number of fused-ring (bicyclic) bond motifs is 1. The minimum absolute atomic E-state index is 0.257. The number of halogens is 5. The molecule has 0 aliphatic heterocycles. The molecule has 0 aliphatic carbocycles. The molecule has 4 aromatic rings. The van der Waals surface area contributed by atoms with Crippen LogP contribution in [0.4, 0.5) is 17.6 Å². The third-order valence-electron chi connectivity index (χ3n) is 5.92. The van der Waals surface area contributed by atoms with E-state index in [-0.39, 0.29) is 18.7 Å². The van der Waals surface area contributed by atoms with E-state index in [9.17, 15) is 13.2 Å². The van der Waals surface area contributed by atoms with E-state index in [1.807, 2.05) is 6.07 Å². The van der Waals surface area contributed by atoms with Crippen LogP contribution in [0, 0.1) is 23.3 Å². The summed E-state index contributed by atoms with van der Waals surface area (Å²) in [5.41, 5.74) is 2.84.